The van der Waals surface area contributed by atoms with Crippen LogP contribution >= 0.6 is 0 Å². The standard InChI is InChI=1S/C23H17N7/c24-15-7-14(10-25-11-15)19-9-18-21(12-27-19)29-30-22(18)20-8-17-16(13-3-1-2-4-13)5-6-26-23(17)28-20/h1,3-12H,2,24H2,(H,26,28)(H,29,30). The van der Waals surface area contributed by atoms with Gasteiger partial charge in [-0.15, -0.1) is 0 Å². The van der Waals surface area contributed by atoms with Crippen molar-refractivity contribution in [1.82, 2.24) is 30.1 Å². The van der Waals surface area contributed by atoms with E-state index >= 15 is 0 Å². The van der Waals surface area contributed by atoms with E-state index in [9.17, 15) is 0 Å². The number of anilines is 1. The zero-order valence-corrected chi connectivity index (χ0v) is 15.9. The predicted molar refractivity (Wildman–Crippen MR) is 118 cm³/mol. The molecule has 5 aromatic rings. The van der Waals surface area contributed by atoms with Crippen LogP contribution in [-0.4, -0.2) is 30.1 Å². The van der Waals surface area contributed by atoms with Crippen LogP contribution in [0.15, 0.2) is 67.3 Å². The summed E-state index contributed by atoms with van der Waals surface area (Å²) in [5.41, 5.74) is 14.0. The Kier molecular flexibility index (Phi) is 3.55. The van der Waals surface area contributed by atoms with Gasteiger partial charge in [-0.3, -0.25) is 15.1 Å². The van der Waals surface area contributed by atoms with E-state index in [0.717, 1.165) is 51.0 Å². The topological polar surface area (TPSA) is 109 Å². The summed E-state index contributed by atoms with van der Waals surface area (Å²) in [6, 6.07) is 8.04. The molecule has 5 heterocycles. The van der Waals surface area contributed by atoms with Gasteiger partial charge >= 0.3 is 0 Å². The molecule has 0 aliphatic heterocycles. The van der Waals surface area contributed by atoms with Crippen LogP contribution in [0.3, 0.4) is 0 Å². The van der Waals surface area contributed by atoms with Crippen LogP contribution in [-0.2, 0) is 0 Å². The molecule has 0 unspecified atom stereocenters. The number of fused-ring (bicyclic) bond motifs is 2. The van der Waals surface area contributed by atoms with Gasteiger partial charge in [-0.25, -0.2) is 4.98 Å². The van der Waals surface area contributed by atoms with Crippen LogP contribution in [0.2, 0.25) is 0 Å². The number of hydrogen-bond acceptors (Lipinski definition) is 5. The summed E-state index contributed by atoms with van der Waals surface area (Å²) in [7, 11) is 0. The molecule has 30 heavy (non-hydrogen) atoms. The van der Waals surface area contributed by atoms with E-state index < -0.39 is 0 Å². The lowest BCUT2D eigenvalue weighted by Crippen LogP contribution is -1.89. The average molecular weight is 391 g/mol. The number of aromatic amines is 2. The van der Waals surface area contributed by atoms with Crippen molar-refractivity contribution in [3.8, 4) is 22.6 Å². The third-order valence-corrected chi connectivity index (χ3v) is 5.37. The molecule has 0 bridgehead atoms. The highest BCUT2D eigenvalue weighted by atomic mass is 15.1. The number of nitrogens with one attached hydrogen (secondary N) is 2. The van der Waals surface area contributed by atoms with Gasteiger partial charge < -0.3 is 10.7 Å². The first-order chi connectivity index (χ1) is 14.8. The molecule has 0 saturated heterocycles. The fraction of sp³-hybridized carbons (Fsp3) is 0.0435. The normalized spacial score (nSPS) is 13.4. The van der Waals surface area contributed by atoms with Crippen molar-refractivity contribution in [2.75, 3.05) is 5.73 Å². The fourth-order valence-corrected chi connectivity index (χ4v) is 3.94. The van der Waals surface area contributed by atoms with Crippen LogP contribution in [0.4, 0.5) is 5.69 Å². The maximum absolute atomic E-state index is 5.89. The number of nitrogens with two attached hydrogens (primary N) is 1. The van der Waals surface area contributed by atoms with Gasteiger partial charge in [0.1, 0.15) is 11.3 Å². The van der Waals surface area contributed by atoms with Gasteiger partial charge in [0.05, 0.1) is 28.8 Å². The minimum Gasteiger partial charge on any atom is -0.397 e. The Hall–Kier alpha value is -4.26. The molecule has 0 aromatic carbocycles. The quantitative estimate of drug-likeness (QED) is 0.420. The van der Waals surface area contributed by atoms with Crippen molar-refractivity contribution in [2.45, 2.75) is 6.42 Å². The smallest absolute Gasteiger partial charge is 0.138 e. The van der Waals surface area contributed by atoms with Gasteiger partial charge in [-0.2, -0.15) is 5.10 Å². The summed E-state index contributed by atoms with van der Waals surface area (Å²) < 4.78 is 0. The number of rotatable bonds is 3. The van der Waals surface area contributed by atoms with Gasteiger partial charge in [0.25, 0.3) is 0 Å². The highest BCUT2D eigenvalue weighted by Gasteiger charge is 2.16. The van der Waals surface area contributed by atoms with Crippen LogP contribution in [0.25, 0.3) is 50.2 Å². The molecule has 0 atom stereocenters. The largest absolute Gasteiger partial charge is 0.397 e. The summed E-state index contributed by atoms with van der Waals surface area (Å²) in [4.78, 5) is 16.6. The number of allylic oxidation sites excluding steroid dienone is 4. The maximum atomic E-state index is 5.89. The molecule has 1 aliphatic carbocycles. The molecule has 7 heteroatoms. The molecule has 0 fully saturated rings. The summed E-state index contributed by atoms with van der Waals surface area (Å²) in [5, 5.41) is 9.67. The average Bonchev–Trinajstić information content (AvgIpc) is 3.51. The van der Waals surface area contributed by atoms with Crippen molar-refractivity contribution in [3.05, 3.63) is 72.8 Å². The SMILES string of the molecule is Nc1cncc(-c2cc3c(-c4cc5c(C6=CCC=C6)ccnc5[nH]4)n[nH]c3cn2)c1. The minimum atomic E-state index is 0.603. The van der Waals surface area contributed by atoms with Crippen LogP contribution in [0.1, 0.15) is 12.0 Å². The van der Waals surface area contributed by atoms with Crippen molar-refractivity contribution >= 4 is 33.2 Å². The predicted octanol–water partition coefficient (Wildman–Crippen LogP) is 4.49. The summed E-state index contributed by atoms with van der Waals surface area (Å²) in [6.07, 6.45) is 14.5. The number of H-pyrrole nitrogens is 2. The first kappa shape index (κ1) is 16.7. The number of hydrogen-bond donors (Lipinski definition) is 3. The molecule has 0 radical (unpaired) electrons. The molecule has 1 aliphatic rings. The third-order valence-electron chi connectivity index (χ3n) is 5.37. The number of aromatic nitrogens is 6. The Bertz CT molecular complexity index is 1490. The van der Waals surface area contributed by atoms with E-state index in [1.54, 1.807) is 18.6 Å². The lowest BCUT2D eigenvalue weighted by molar-refractivity contribution is 1.11. The summed E-state index contributed by atoms with van der Waals surface area (Å²) >= 11 is 0. The lowest BCUT2D eigenvalue weighted by atomic mass is 10.0. The van der Waals surface area contributed by atoms with Gasteiger partial charge in [0.2, 0.25) is 0 Å². The van der Waals surface area contributed by atoms with Gasteiger partial charge in [0, 0.05) is 34.9 Å². The highest BCUT2D eigenvalue weighted by Crippen LogP contribution is 2.33. The summed E-state index contributed by atoms with van der Waals surface area (Å²) in [6.45, 7) is 0. The molecule has 144 valence electrons. The molecular weight excluding hydrogens is 374 g/mol. The summed E-state index contributed by atoms with van der Waals surface area (Å²) in [5.74, 6) is 0. The molecule has 4 N–H and O–H groups in total. The first-order valence-electron chi connectivity index (χ1n) is 9.66. The third kappa shape index (κ3) is 2.60. The molecule has 5 aromatic heterocycles. The van der Waals surface area contributed by atoms with Crippen molar-refractivity contribution in [1.29, 1.82) is 0 Å². The number of nitrogens with zero attached hydrogens (tertiary/aromatic N) is 4. The van der Waals surface area contributed by atoms with E-state index in [2.05, 4.69) is 60.5 Å². The van der Waals surface area contributed by atoms with Gasteiger partial charge in [0.15, 0.2) is 0 Å². The second kappa shape index (κ2) is 6.38. The minimum absolute atomic E-state index is 0.603. The molecule has 0 spiro atoms. The fourth-order valence-electron chi connectivity index (χ4n) is 3.94. The van der Waals surface area contributed by atoms with Crippen LogP contribution in [0.5, 0.6) is 0 Å². The lowest BCUT2D eigenvalue weighted by Gasteiger charge is -2.02. The van der Waals surface area contributed by atoms with E-state index in [-0.39, 0.29) is 0 Å². The monoisotopic (exact) mass is 391 g/mol. The van der Waals surface area contributed by atoms with Crippen LogP contribution in [0, 0.1) is 0 Å². The Balaban J connectivity index is 1.51. The van der Waals surface area contributed by atoms with Crippen molar-refractivity contribution in [2.24, 2.45) is 0 Å². The van der Waals surface area contributed by atoms with Crippen LogP contribution < -0.4 is 5.73 Å². The van der Waals surface area contributed by atoms with E-state index in [0.29, 0.717) is 5.69 Å². The van der Waals surface area contributed by atoms with E-state index in [1.807, 2.05) is 18.3 Å². The Morgan fingerprint density at radius 2 is 1.97 bits per heavy atom. The Morgan fingerprint density at radius 3 is 2.83 bits per heavy atom. The van der Waals surface area contributed by atoms with Crippen molar-refractivity contribution < 1.29 is 0 Å². The first-order valence-corrected chi connectivity index (χ1v) is 9.66. The maximum Gasteiger partial charge on any atom is 0.138 e. The van der Waals surface area contributed by atoms with E-state index in [1.165, 1.54) is 11.1 Å². The molecule has 6 rings (SSSR count). The zero-order chi connectivity index (χ0) is 20.1. The molecule has 7 nitrogen and oxygen atoms in total. The number of nitrogen functional groups attached to an aromatic ring is 1. The second-order valence-corrected chi connectivity index (χ2v) is 7.30. The number of pyridine rings is 3. The zero-order valence-electron chi connectivity index (χ0n) is 15.9. The van der Waals surface area contributed by atoms with E-state index in [4.69, 9.17) is 5.73 Å². The second-order valence-electron chi connectivity index (χ2n) is 7.30. The van der Waals surface area contributed by atoms with Gasteiger partial charge in [-0.05, 0) is 41.8 Å². The Labute approximate surface area is 171 Å². The van der Waals surface area contributed by atoms with Gasteiger partial charge in [-0.1, -0.05) is 18.2 Å². The van der Waals surface area contributed by atoms with Crippen molar-refractivity contribution in [3.63, 3.8) is 0 Å². The molecular formula is C23H17N7. The molecule has 0 saturated carbocycles. The Morgan fingerprint density at radius 1 is 1.00 bits per heavy atom. The molecule has 0 amide bonds. The highest BCUT2D eigenvalue weighted by molar-refractivity contribution is 6.00.